The first kappa shape index (κ1) is 30.5. The van der Waals surface area contributed by atoms with E-state index in [4.69, 9.17) is 25.8 Å². The molecule has 2 aromatic rings. The van der Waals surface area contributed by atoms with E-state index in [0.29, 0.717) is 29.5 Å². The normalized spacial score (nSPS) is 13.8. The number of halogens is 1. The van der Waals surface area contributed by atoms with E-state index < -0.39 is 42.1 Å². The first-order valence-electron chi connectivity index (χ1n) is 12.1. The number of nitrogens with zero attached hydrogens (tertiary/aromatic N) is 1. The van der Waals surface area contributed by atoms with Crippen LogP contribution in [0.25, 0.3) is 6.08 Å². The molecule has 0 atom stereocenters. The van der Waals surface area contributed by atoms with Gasteiger partial charge in [0.2, 0.25) is 5.91 Å². The highest BCUT2D eigenvalue weighted by molar-refractivity contribution is 8.18. The average molecular weight is 591 g/mol. The standard InChI is InChI=1S/C27H27ClN2O9S/c1-4-5-11-38-26(34)18-13-17(9-10-19(18)28)29-22(31)14-30-25(33)21(40-27(30)35)12-16-7-6-8-20(36-2)24(16)39-15-23(32)37-3/h6-10,12-13H,4-5,11,14-15H2,1-3H3,(H,29,31)/b21-12+. The van der Waals surface area contributed by atoms with E-state index in [1.807, 2.05) is 6.92 Å². The number of rotatable bonds is 12. The number of anilines is 1. The fraction of sp³-hybridized carbons (Fsp3) is 0.296. The van der Waals surface area contributed by atoms with Crippen molar-refractivity contribution in [1.29, 1.82) is 0 Å². The van der Waals surface area contributed by atoms with Gasteiger partial charge >= 0.3 is 11.9 Å². The molecule has 1 heterocycles. The lowest BCUT2D eigenvalue weighted by atomic mass is 10.1. The van der Waals surface area contributed by atoms with Crippen molar-refractivity contribution >= 4 is 64.1 Å². The molecule has 0 saturated carbocycles. The van der Waals surface area contributed by atoms with E-state index in [0.717, 1.165) is 11.3 Å². The molecule has 1 aliphatic heterocycles. The molecular weight excluding hydrogens is 564 g/mol. The molecule has 40 heavy (non-hydrogen) atoms. The fourth-order valence-corrected chi connectivity index (χ4v) is 4.44. The first-order valence-corrected chi connectivity index (χ1v) is 13.3. The number of esters is 2. The number of hydrogen-bond donors (Lipinski definition) is 1. The molecule has 3 amide bonds. The maximum absolute atomic E-state index is 13.0. The van der Waals surface area contributed by atoms with Gasteiger partial charge in [0.25, 0.3) is 11.1 Å². The minimum atomic E-state index is -0.691. The molecule has 2 aromatic carbocycles. The van der Waals surface area contributed by atoms with Gasteiger partial charge in [0.1, 0.15) is 6.54 Å². The maximum Gasteiger partial charge on any atom is 0.343 e. The van der Waals surface area contributed by atoms with Gasteiger partial charge < -0.3 is 24.3 Å². The molecule has 1 saturated heterocycles. The van der Waals surface area contributed by atoms with Crippen LogP contribution in [0.15, 0.2) is 41.3 Å². The summed E-state index contributed by atoms with van der Waals surface area (Å²) in [6, 6.07) is 9.14. The van der Waals surface area contributed by atoms with Crippen molar-refractivity contribution in [2.24, 2.45) is 0 Å². The number of imide groups is 1. The molecule has 1 N–H and O–H groups in total. The number of methoxy groups -OCH3 is 2. The van der Waals surface area contributed by atoms with E-state index in [9.17, 15) is 24.0 Å². The molecular formula is C27H27ClN2O9S. The van der Waals surface area contributed by atoms with Gasteiger partial charge in [-0.2, -0.15) is 0 Å². The Morgan fingerprint density at radius 3 is 2.60 bits per heavy atom. The number of amides is 3. The summed E-state index contributed by atoms with van der Waals surface area (Å²) in [7, 11) is 2.63. The Labute approximate surface area is 239 Å². The monoisotopic (exact) mass is 590 g/mol. The lowest BCUT2D eigenvalue weighted by Gasteiger charge is -2.14. The Bertz CT molecular complexity index is 1350. The summed E-state index contributed by atoms with van der Waals surface area (Å²) in [6.07, 6.45) is 2.96. The lowest BCUT2D eigenvalue weighted by molar-refractivity contribution is -0.143. The number of nitrogens with one attached hydrogen (secondary N) is 1. The second-order valence-electron chi connectivity index (χ2n) is 8.24. The third kappa shape index (κ3) is 7.76. The van der Waals surface area contributed by atoms with Crippen LogP contribution in [0.4, 0.5) is 10.5 Å². The molecule has 0 spiro atoms. The summed E-state index contributed by atoms with van der Waals surface area (Å²) in [6.45, 7) is 1.23. The zero-order valence-electron chi connectivity index (χ0n) is 22.0. The van der Waals surface area contributed by atoms with Crippen LogP contribution in [0.1, 0.15) is 35.7 Å². The van der Waals surface area contributed by atoms with Crippen LogP contribution < -0.4 is 14.8 Å². The van der Waals surface area contributed by atoms with Crippen molar-refractivity contribution in [1.82, 2.24) is 4.90 Å². The highest BCUT2D eigenvalue weighted by atomic mass is 35.5. The van der Waals surface area contributed by atoms with Gasteiger partial charge in [0, 0.05) is 11.3 Å². The second kappa shape index (κ2) is 14.4. The predicted molar refractivity (Wildman–Crippen MR) is 148 cm³/mol. The molecule has 212 valence electrons. The Balaban J connectivity index is 1.72. The Morgan fingerprint density at radius 2 is 1.90 bits per heavy atom. The third-order valence-electron chi connectivity index (χ3n) is 5.45. The quantitative estimate of drug-likeness (QED) is 0.213. The molecule has 1 aliphatic rings. The van der Waals surface area contributed by atoms with E-state index in [-0.39, 0.29) is 33.5 Å². The molecule has 3 rings (SSSR count). The van der Waals surface area contributed by atoms with Gasteiger partial charge in [0.15, 0.2) is 18.1 Å². The van der Waals surface area contributed by atoms with Crippen LogP contribution in [0.2, 0.25) is 5.02 Å². The van der Waals surface area contributed by atoms with Gasteiger partial charge in [-0.25, -0.2) is 9.59 Å². The smallest absolute Gasteiger partial charge is 0.343 e. The summed E-state index contributed by atoms with van der Waals surface area (Å²) < 4.78 is 20.6. The fourth-order valence-electron chi connectivity index (χ4n) is 3.42. The molecule has 0 unspecified atom stereocenters. The predicted octanol–water partition coefficient (Wildman–Crippen LogP) is 4.53. The van der Waals surface area contributed by atoms with Crippen molar-refractivity contribution in [3.63, 3.8) is 0 Å². The van der Waals surface area contributed by atoms with Crippen LogP contribution in [0, 0.1) is 0 Å². The Hall–Kier alpha value is -4.03. The summed E-state index contributed by atoms with van der Waals surface area (Å²) in [5.74, 6) is -2.13. The van der Waals surface area contributed by atoms with Crippen molar-refractivity contribution in [3.05, 3.63) is 57.5 Å². The van der Waals surface area contributed by atoms with Crippen LogP contribution >= 0.6 is 23.4 Å². The molecule has 0 bridgehead atoms. The van der Waals surface area contributed by atoms with Crippen molar-refractivity contribution in [2.75, 3.05) is 39.3 Å². The van der Waals surface area contributed by atoms with Crippen LogP contribution in [0.5, 0.6) is 11.5 Å². The SMILES string of the molecule is CCCCOC(=O)c1cc(NC(=O)CN2C(=O)S/C(=C/c3cccc(OC)c3OCC(=O)OC)C2=O)ccc1Cl. The summed E-state index contributed by atoms with van der Waals surface area (Å²) >= 11 is 6.76. The zero-order valence-corrected chi connectivity index (χ0v) is 23.6. The molecule has 11 nitrogen and oxygen atoms in total. The van der Waals surface area contributed by atoms with E-state index in [1.165, 1.54) is 38.5 Å². The van der Waals surface area contributed by atoms with E-state index in [2.05, 4.69) is 10.1 Å². The largest absolute Gasteiger partial charge is 0.493 e. The number of para-hydroxylation sites is 1. The van der Waals surface area contributed by atoms with Gasteiger partial charge in [-0.3, -0.25) is 19.3 Å². The number of carbonyl (C=O) groups is 5. The summed E-state index contributed by atoms with van der Waals surface area (Å²) in [4.78, 5) is 63.0. The maximum atomic E-state index is 13.0. The van der Waals surface area contributed by atoms with E-state index in [1.54, 1.807) is 18.2 Å². The van der Waals surface area contributed by atoms with Crippen LogP contribution in [-0.4, -0.2) is 67.9 Å². The average Bonchev–Trinajstić information content (AvgIpc) is 3.20. The topological polar surface area (TPSA) is 138 Å². The minimum absolute atomic E-state index is 0.0394. The third-order valence-corrected chi connectivity index (χ3v) is 6.69. The van der Waals surface area contributed by atoms with Crippen LogP contribution in [0.3, 0.4) is 0 Å². The number of carbonyl (C=O) groups excluding carboxylic acids is 5. The van der Waals surface area contributed by atoms with Gasteiger partial charge in [0.05, 0.1) is 36.3 Å². The zero-order chi connectivity index (χ0) is 29.2. The van der Waals surface area contributed by atoms with Gasteiger partial charge in [-0.1, -0.05) is 37.1 Å². The van der Waals surface area contributed by atoms with Crippen molar-refractivity contribution in [2.45, 2.75) is 19.8 Å². The number of benzene rings is 2. The first-order chi connectivity index (χ1) is 19.2. The molecule has 0 aliphatic carbocycles. The highest BCUT2D eigenvalue weighted by Crippen LogP contribution is 2.37. The molecule has 1 fully saturated rings. The second-order valence-corrected chi connectivity index (χ2v) is 9.64. The van der Waals surface area contributed by atoms with Gasteiger partial charge in [-0.15, -0.1) is 0 Å². The Kier molecular flexibility index (Phi) is 11.0. The molecule has 0 radical (unpaired) electrons. The van der Waals surface area contributed by atoms with Crippen molar-refractivity contribution in [3.8, 4) is 11.5 Å². The summed E-state index contributed by atoms with van der Waals surface area (Å²) in [5.41, 5.74) is 0.689. The number of ether oxygens (including phenoxy) is 4. The van der Waals surface area contributed by atoms with Gasteiger partial charge in [-0.05, 0) is 48.5 Å². The number of thioether (sulfide) groups is 1. The number of hydrogen-bond acceptors (Lipinski definition) is 10. The van der Waals surface area contributed by atoms with Crippen molar-refractivity contribution < 1.29 is 42.9 Å². The number of unbranched alkanes of at least 4 members (excludes halogenated alkanes) is 1. The highest BCUT2D eigenvalue weighted by Gasteiger charge is 2.36. The Morgan fingerprint density at radius 1 is 1.12 bits per heavy atom. The summed E-state index contributed by atoms with van der Waals surface area (Å²) in [5, 5.41) is 2.07. The minimum Gasteiger partial charge on any atom is -0.493 e. The molecule has 13 heteroatoms. The van der Waals surface area contributed by atoms with E-state index >= 15 is 0 Å². The lowest BCUT2D eigenvalue weighted by Crippen LogP contribution is -2.36. The molecule has 0 aromatic heterocycles. The van der Waals surface area contributed by atoms with Crippen LogP contribution in [-0.2, 0) is 23.9 Å².